The maximum absolute atomic E-state index is 14.0. The Morgan fingerprint density at radius 3 is 2.75 bits per heavy atom. The molecule has 0 aliphatic rings. The summed E-state index contributed by atoms with van der Waals surface area (Å²) in [4.78, 5) is 4.27. The average Bonchev–Trinajstić information content (AvgIpc) is 2.49. The number of nitrogens with zero attached hydrogens (tertiary/aromatic N) is 1. The zero-order valence-electron chi connectivity index (χ0n) is 10.5. The van der Waals surface area contributed by atoms with Crippen molar-refractivity contribution in [2.75, 3.05) is 0 Å². The Kier molecular flexibility index (Phi) is 3.65. The number of alkyl halides is 1. The molecule has 0 aliphatic heterocycles. The van der Waals surface area contributed by atoms with Crippen molar-refractivity contribution in [1.29, 1.82) is 0 Å². The van der Waals surface area contributed by atoms with E-state index in [-0.39, 0.29) is 11.6 Å². The second-order valence-electron chi connectivity index (χ2n) is 4.29. The number of pyridine rings is 1. The first kappa shape index (κ1) is 13.1. The molecule has 20 heavy (non-hydrogen) atoms. The minimum absolute atomic E-state index is 0.251. The third kappa shape index (κ3) is 2.39. The van der Waals surface area contributed by atoms with Crippen LogP contribution >= 0.6 is 15.9 Å². The van der Waals surface area contributed by atoms with E-state index in [1.54, 1.807) is 12.3 Å². The van der Waals surface area contributed by atoms with E-state index in [1.807, 2.05) is 36.4 Å². The fraction of sp³-hybridized carbons (Fsp3) is 0.0625. The lowest BCUT2D eigenvalue weighted by molar-refractivity contribution is 0.442. The topological polar surface area (TPSA) is 22.1 Å². The summed E-state index contributed by atoms with van der Waals surface area (Å²) in [5, 5.41) is 1.39. The van der Waals surface area contributed by atoms with Gasteiger partial charge in [0.15, 0.2) is 11.6 Å². The highest BCUT2D eigenvalue weighted by molar-refractivity contribution is 9.08. The lowest BCUT2D eigenvalue weighted by Crippen LogP contribution is -1.94. The van der Waals surface area contributed by atoms with E-state index >= 15 is 0 Å². The van der Waals surface area contributed by atoms with Crippen LogP contribution in [0.2, 0.25) is 0 Å². The van der Waals surface area contributed by atoms with Crippen molar-refractivity contribution >= 4 is 26.8 Å². The highest BCUT2D eigenvalue weighted by Gasteiger charge is 2.12. The van der Waals surface area contributed by atoms with Crippen LogP contribution in [-0.2, 0) is 5.33 Å². The Bertz CT molecular complexity index is 755. The van der Waals surface area contributed by atoms with Crippen LogP contribution in [-0.4, -0.2) is 4.98 Å². The summed E-state index contributed by atoms with van der Waals surface area (Å²) in [6.45, 7) is 0. The minimum Gasteiger partial charge on any atom is -0.453 e. The lowest BCUT2D eigenvalue weighted by Gasteiger charge is -2.12. The normalized spacial score (nSPS) is 10.7. The van der Waals surface area contributed by atoms with Crippen molar-refractivity contribution in [2.24, 2.45) is 0 Å². The van der Waals surface area contributed by atoms with Gasteiger partial charge in [0.05, 0.1) is 5.52 Å². The zero-order valence-corrected chi connectivity index (χ0v) is 12.1. The molecule has 1 aromatic heterocycles. The summed E-state index contributed by atoms with van der Waals surface area (Å²) in [5.74, 6) is 0.478. The molecule has 2 nitrogen and oxygen atoms in total. The number of para-hydroxylation sites is 1. The second kappa shape index (κ2) is 5.59. The SMILES string of the molecule is Fc1cccc(CBr)c1Oc1cccc2ncccc12. The predicted octanol–water partition coefficient (Wildman–Crippen LogP) is 5.06. The summed E-state index contributed by atoms with van der Waals surface area (Å²) in [6, 6.07) is 14.2. The molecule has 0 saturated heterocycles. The van der Waals surface area contributed by atoms with E-state index in [2.05, 4.69) is 20.9 Å². The van der Waals surface area contributed by atoms with Crippen LogP contribution in [0.5, 0.6) is 11.5 Å². The number of hydrogen-bond donors (Lipinski definition) is 0. The van der Waals surface area contributed by atoms with Gasteiger partial charge in [-0.1, -0.05) is 34.1 Å². The molecule has 0 aliphatic carbocycles. The molecule has 0 unspecified atom stereocenters. The second-order valence-corrected chi connectivity index (χ2v) is 4.85. The van der Waals surface area contributed by atoms with Crippen molar-refractivity contribution in [3.63, 3.8) is 0 Å². The van der Waals surface area contributed by atoms with Gasteiger partial charge >= 0.3 is 0 Å². The Balaban J connectivity index is 2.10. The summed E-state index contributed by atoms with van der Waals surface area (Å²) in [5.41, 5.74) is 1.59. The monoisotopic (exact) mass is 331 g/mol. The Hall–Kier alpha value is -1.94. The van der Waals surface area contributed by atoms with Crippen molar-refractivity contribution in [2.45, 2.75) is 5.33 Å². The highest BCUT2D eigenvalue weighted by atomic mass is 79.9. The predicted molar refractivity (Wildman–Crippen MR) is 80.8 cm³/mol. The van der Waals surface area contributed by atoms with Crippen LogP contribution in [0, 0.1) is 5.82 Å². The van der Waals surface area contributed by atoms with Crippen LogP contribution in [0.1, 0.15) is 5.56 Å². The molecule has 0 radical (unpaired) electrons. The number of benzene rings is 2. The van der Waals surface area contributed by atoms with E-state index < -0.39 is 0 Å². The summed E-state index contributed by atoms with van der Waals surface area (Å²) >= 11 is 3.35. The van der Waals surface area contributed by atoms with Gasteiger partial charge in [0.1, 0.15) is 5.75 Å². The van der Waals surface area contributed by atoms with E-state index in [4.69, 9.17) is 4.74 Å². The van der Waals surface area contributed by atoms with Gasteiger partial charge in [-0.2, -0.15) is 0 Å². The van der Waals surface area contributed by atoms with Crippen LogP contribution in [0.25, 0.3) is 10.9 Å². The smallest absolute Gasteiger partial charge is 0.167 e. The van der Waals surface area contributed by atoms with Crippen molar-refractivity contribution in [3.05, 3.63) is 66.1 Å². The Labute approximate surface area is 124 Å². The number of aromatic nitrogens is 1. The van der Waals surface area contributed by atoms with Gasteiger partial charge in [-0.25, -0.2) is 4.39 Å². The van der Waals surface area contributed by atoms with Gasteiger partial charge in [-0.15, -0.1) is 0 Å². The van der Waals surface area contributed by atoms with Crippen molar-refractivity contribution in [3.8, 4) is 11.5 Å². The molecule has 100 valence electrons. The summed E-state index contributed by atoms with van der Waals surface area (Å²) in [7, 11) is 0. The van der Waals surface area contributed by atoms with Crippen LogP contribution in [0.15, 0.2) is 54.7 Å². The van der Waals surface area contributed by atoms with Gasteiger partial charge in [0.2, 0.25) is 0 Å². The van der Waals surface area contributed by atoms with Crippen LogP contribution in [0.4, 0.5) is 4.39 Å². The van der Waals surface area contributed by atoms with Gasteiger partial charge in [-0.3, -0.25) is 4.98 Å². The first-order chi connectivity index (χ1) is 9.79. The van der Waals surface area contributed by atoms with Gasteiger partial charge in [0.25, 0.3) is 0 Å². The number of fused-ring (bicyclic) bond motifs is 1. The quantitative estimate of drug-likeness (QED) is 0.626. The molecular formula is C16H11BrFNO. The molecule has 4 heteroatoms. The molecule has 3 aromatic rings. The molecule has 0 saturated carbocycles. The standard InChI is InChI=1S/C16H11BrFNO/c17-10-11-4-1-6-13(18)16(11)20-15-8-2-7-14-12(15)5-3-9-19-14/h1-9H,10H2. The van der Waals surface area contributed by atoms with E-state index in [0.29, 0.717) is 11.1 Å². The van der Waals surface area contributed by atoms with Crippen LogP contribution < -0.4 is 4.74 Å². The van der Waals surface area contributed by atoms with Crippen molar-refractivity contribution in [1.82, 2.24) is 4.98 Å². The van der Waals surface area contributed by atoms with E-state index in [1.165, 1.54) is 6.07 Å². The van der Waals surface area contributed by atoms with Gasteiger partial charge < -0.3 is 4.74 Å². The maximum Gasteiger partial charge on any atom is 0.167 e. The Morgan fingerprint density at radius 2 is 1.90 bits per heavy atom. The summed E-state index contributed by atoms with van der Waals surface area (Å²) in [6.07, 6.45) is 1.72. The molecule has 0 N–H and O–H groups in total. The number of hydrogen-bond acceptors (Lipinski definition) is 2. The Morgan fingerprint density at radius 1 is 1.05 bits per heavy atom. The first-order valence-electron chi connectivity index (χ1n) is 6.14. The number of halogens is 2. The molecule has 2 aromatic carbocycles. The third-order valence-electron chi connectivity index (χ3n) is 3.01. The number of ether oxygens (including phenoxy) is 1. The average molecular weight is 332 g/mol. The molecular weight excluding hydrogens is 321 g/mol. The molecule has 0 bridgehead atoms. The maximum atomic E-state index is 14.0. The largest absolute Gasteiger partial charge is 0.453 e. The number of rotatable bonds is 3. The molecule has 0 spiro atoms. The molecule has 0 atom stereocenters. The highest BCUT2D eigenvalue weighted by Crippen LogP contribution is 2.33. The fourth-order valence-corrected chi connectivity index (χ4v) is 2.49. The van der Waals surface area contributed by atoms with E-state index in [9.17, 15) is 4.39 Å². The minimum atomic E-state index is -0.372. The third-order valence-corrected chi connectivity index (χ3v) is 3.61. The van der Waals surface area contributed by atoms with Crippen LogP contribution in [0.3, 0.4) is 0 Å². The molecule has 1 heterocycles. The summed E-state index contributed by atoms with van der Waals surface area (Å²) < 4.78 is 19.8. The molecule has 0 fully saturated rings. The zero-order chi connectivity index (χ0) is 13.9. The van der Waals surface area contributed by atoms with Gasteiger partial charge in [-0.05, 0) is 30.3 Å². The first-order valence-corrected chi connectivity index (χ1v) is 7.26. The molecule has 3 rings (SSSR count). The van der Waals surface area contributed by atoms with Gasteiger partial charge in [0, 0.05) is 22.5 Å². The molecule has 0 amide bonds. The van der Waals surface area contributed by atoms with E-state index in [0.717, 1.165) is 16.5 Å². The fourth-order valence-electron chi connectivity index (χ4n) is 2.05. The van der Waals surface area contributed by atoms with Crippen molar-refractivity contribution < 1.29 is 9.13 Å². The lowest BCUT2D eigenvalue weighted by atomic mass is 10.2.